The van der Waals surface area contributed by atoms with Crippen molar-refractivity contribution in [2.45, 2.75) is 45.4 Å². The van der Waals surface area contributed by atoms with Gasteiger partial charge in [0.05, 0.1) is 12.2 Å². The van der Waals surface area contributed by atoms with Gasteiger partial charge in [0.25, 0.3) is 0 Å². The first-order chi connectivity index (χ1) is 7.19. The van der Waals surface area contributed by atoms with Gasteiger partial charge in [-0.05, 0) is 13.3 Å². The van der Waals surface area contributed by atoms with Crippen molar-refractivity contribution >= 4 is 0 Å². The normalized spacial score (nSPS) is 15.2. The standard InChI is InChI=1S/C10H19N3O2/c1-4-5-13-10(11-7-12-13)6-9(14)8(2)15-3/h7-9,14H,4-6H2,1-3H3. The van der Waals surface area contributed by atoms with E-state index in [2.05, 4.69) is 17.0 Å². The van der Waals surface area contributed by atoms with Crippen molar-refractivity contribution in [1.29, 1.82) is 0 Å². The van der Waals surface area contributed by atoms with Crippen LogP contribution in [-0.2, 0) is 17.7 Å². The molecule has 5 nitrogen and oxygen atoms in total. The summed E-state index contributed by atoms with van der Waals surface area (Å²) in [5.74, 6) is 0.813. The fourth-order valence-electron chi connectivity index (χ4n) is 1.35. The largest absolute Gasteiger partial charge is 0.390 e. The first-order valence-corrected chi connectivity index (χ1v) is 5.26. The van der Waals surface area contributed by atoms with E-state index in [1.54, 1.807) is 7.11 Å². The summed E-state index contributed by atoms with van der Waals surface area (Å²) >= 11 is 0. The highest BCUT2D eigenvalue weighted by Gasteiger charge is 2.16. The molecule has 0 aliphatic carbocycles. The van der Waals surface area contributed by atoms with Crippen LogP contribution in [0.25, 0.3) is 0 Å². The lowest BCUT2D eigenvalue weighted by atomic mass is 10.1. The summed E-state index contributed by atoms with van der Waals surface area (Å²) in [6, 6.07) is 0. The van der Waals surface area contributed by atoms with Crippen LogP contribution in [0, 0.1) is 0 Å². The molecule has 0 aromatic carbocycles. The van der Waals surface area contributed by atoms with Gasteiger partial charge in [0.15, 0.2) is 0 Å². The van der Waals surface area contributed by atoms with Gasteiger partial charge in [-0.1, -0.05) is 6.92 Å². The molecule has 0 radical (unpaired) electrons. The Balaban J connectivity index is 2.59. The average molecular weight is 213 g/mol. The van der Waals surface area contributed by atoms with E-state index in [1.165, 1.54) is 6.33 Å². The van der Waals surface area contributed by atoms with Gasteiger partial charge in [-0.3, -0.25) is 4.68 Å². The Hall–Kier alpha value is -0.940. The van der Waals surface area contributed by atoms with Crippen molar-refractivity contribution in [1.82, 2.24) is 14.8 Å². The zero-order valence-electron chi connectivity index (χ0n) is 9.55. The number of rotatable bonds is 6. The molecule has 0 spiro atoms. The van der Waals surface area contributed by atoms with Crippen LogP contribution in [-0.4, -0.2) is 39.2 Å². The lowest BCUT2D eigenvalue weighted by Crippen LogP contribution is -2.28. The summed E-state index contributed by atoms with van der Waals surface area (Å²) in [4.78, 5) is 4.13. The zero-order chi connectivity index (χ0) is 11.3. The van der Waals surface area contributed by atoms with Gasteiger partial charge in [-0.15, -0.1) is 0 Å². The molecule has 0 aliphatic heterocycles. The van der Waals surface area contributed by atoms with Crippen LogP contribution in [0.5, 0.6) is 0 Å². The molecule has 5 heteroatoms. The summed E-state index contributed by atoms with van der Waals surface area (Å²) in [7, 11) is 1.59. The van der Waals surface area contributed by atoms with E-state index in [-0.39, 0.29) is 6.10 Å². The predicted molar refractivity (Wildman–Crippen MR) is 56.5 cm³/mol. The number of aryl methyl sites for hydroxylation is 1. The topological polar surface area (TPSA) is 60.2 Å². The van der Waals surface area contributed by atoms with Gasteiger partial charge in [0.1, 0.15) is 12.2 Å². The maximum absolute atomic E-state index is 9.78. The van der Waals surface area contributed by atoms with Gasteiger partial charge >= 0.3 is 0 Å². The van der Waals surface area contributed by atoms with Gasteiger partial charge in [0, 0.05) is 20.1 Å². The molecule has 86 valence electrons. The first-order valence-electron chi connectivity index (χ1n) is 5.26. The van der Waals surface area contributed by atoms with Gasteiger partial charge in [-0.2, -0.15) is 5.10 Å². The number of aromatic nitrogens is 3. The number of methoxy groups -OCH3 is 1. The van der Waals surface area contributed by atoms with E-state index < -0.39 is 6.10 Å². The summed E-state index contributed by atoms with van der Waals surface area (Å²) in [5.41, 5.74) is 0. The minimum atomic E-state index is -0.533. The van der Waals surface area contributed by atoms with Gasteiger partial charge < -0.3 is 9.84 Å². The molecule has 1 heterocycles. The number of hydrogen-bond acceptors (Lipinski definition) is 4. The molecule has 0 saturated carbocycles. The highest BCUT2D eigenvalue weighted by molar-refractivity contribution is 4.89. The van der Waals surface area contributed by atoms with Crippen molar-refractivity contribution in [3.05, 3.63) is 12.2 Å². The van der Waals surface area contributed by atoms with Crippen LogP contribution in [0.2, 0.25) is 0 Å². The third kappa shape index (κ3) is 3.28. The highest BCUT2D eigenvalue weighted by Crippen LogP contribution is 2.05. The van der Waals surface area contributed by atoms with Crippen LogP contribution in [0.1, 0.15) is 26.1 Å². The molecular formula is C10H19N3O2. The number of hydrogen-bond donors (Lipinski definition) is 1. The smallest absolute Gasteiger partial charge is 0.138 e. The van der Waals surface area contributed by atoms with Crippen LogP contribution in [0.15, 0.2) is 6.33 Å². The monoisotopic (exact) mass is 213 g/mol. The molecule has 0 amide bonds. The fourth-order valence-corrected chi connectivity index (χ4v) is 1.35. The van der Waals surface area contributed by atoms with E-state index in [0.29, 0.717) is 6.42 Å². The van der Waals surface area contributed by atoms with Crippen molar-refractivity contribution in [2.24, 2.45) is 0 Å². The zero-order valence-corrected chi connectivity index (χ0v) is 9.55. The Morgan fingerprint density at radius 1 is 1.60 bits per heavy atom. The predicted octanol–water partition coefficient (Wildman–Crippen LogP) is 0.626. The minimum Gasteiger partial charge on any atom is -0.390 e. The molecular weight excluding hydrogens is 194 g/mol. The maximum Gasteiger partial charge on any atom is 0.138 e. The minimum absolute atomic E-state index is 0.184. The number of aliphatic hydroxyl groups excluding tert-OH is 1. The van der Waals surface area contributed by atoms with Crippen LogP contribution < -0.4 is 0 Å². The summed E-state index contributed by atoms with van der Waals surface area (Å²) in [5, 5.41) is 13.9. The van der Waals surface area contributed by atoms with E-state index in [4.69, 9.17) is 4.74 Å². The van der Waals surface area contributed by atoms with Gasteiger partial charge in [-0.25, -0.2) is 4.98 Å². The second kappa shape index (κ2) is 5.82. The average Bonchev–Trinajstić information content (AvgIpc) is 2.65. The van der Waals surface area contributed by atoms with Crippen molar-refractivity contribution in [3.63, 3.8) is 0 Å². The van der Waals surface area contributed by atoms with Crippen LogP contribution in [0.4, 0.5) is 0 Å². The van der Waals surface area contributed by atoms with E-state index in [9.17, 15) is 5.11 Å². The van der Waals surface area contributed by atoms with Crippen LogP contribution in [0.3, 0.4) is 0 Å². The lowest BCUT2D eigenvalue weighted by molar-refractivity contribution is -0.00102. The van der Waals surface area contributed by atoms with Crippen molar-refractivity contribution in [3.8, 4) is 0 Å². The summed E-state index contributed by atoms with van der Waals surface area (Å²) in [6.07, 6.45) is 2.29. The van der Waals surface area contributed by atoms with Crippen molar-refractivity contribution < 1.29 is 9.84 Å². The molecule has 1 aromatic rings. The molecule has 0 bridgehead atoms. The maximum atomic E-state index is 9.78. The first kappa shape index (κ1) is 12.1. The number of aliphatic hydroxyl groups is 1. The van der Waals surface area contributed by atoms with Crippen molar-refractivity contribution in [2.75, 3.05) is 7.11 Å². The van der Waals surface area contributed by atoms with E-state index in [1.807, 2.05) is 11.6 Å². The quantitative estimate of drug-likeness (QED) is 0.752. The second-order valence-corrected chi connectivity index (χ2v) is 3.61. The SMILES string of the molecule is CCCn1ncnc1CC(O)C(C)OC. The summed E-state index contributed by atoms with van der Waals surface area (Å²) in [6.45, 7) is 4.76. The number of nitrogens with zero attached hydrogens (tertiary/aromatic N) is 3. The Morgan fingerprint density at radius 2 is 2.33 bits per heavy atom. The second-order valence-electron chi connectivity index (χ2n) is 3.61. The Labute approximate surface area is 90.1 Å². The van der Waals surface area contributed by atoms with E-state index >= 15 is 0 Å². The number of ether oxygens (including phenoxy) is 1. The third-order valence-corrected chi connectivity index (χ3v) is 2.44. The Kier molecular flexibility index (Phi) is 4.71. The Bertz CT molecular complexity index is 288. The fraction of sp³-hybridized carbons (Fsp3) is 0.800. The lowest BCUT2D eigenvalue weighted by Gasteiger charge is -2.16. The third-order valence-electron chi connectivity index (χ3n) is 2.44. The Morgan fingerprint density at radius 3 is 2.93 bits per heavy atom. The van der Waals surface area contributed by atoms with Gasteiger partial charge in [0.2, 0.25) is 0 Å². The molecule has 0 fully saturated rings. The van der Waals surface area contributed by atoms with Crippen LogP contribution >= 0.6 is 0 Å². The molecule has 1 N–H and O–H groups in total. The molecule has 2 unspecified atom stereocenters. The molecule has 0 saturated heterocycles. The molecule has 1 aromatic heterocycles. The molecule has 15 heavy (non-hydrogen) atoms. The van der Waals surface area contributed by atoms with E-state index in [0.717, 1.165) is 18.8 Å². The molecule has 1 rings (SSSR count). The molecule has 0 aliphatic rings. The molecule has 2 atom stereocenters. The highest BCUT2D eigenvalue weighted by atomic mass is 16.5. The summed E-state index contributed by atoms with van der Waals surface area (Å²) < 4.78 is 6.88.